The van der Waals surface area contributed by atoms with Crippen LogP contribution in [0.15, 0.2) is 97.8 Å². The van der Waals surface area contributed by atoms with E-state index in [9.17, 15) is 19.2 Å². The molecule has 0 heterocycles. The van der Waals surface area contributed by atoms with Crippen LogP contribution in [0.1, 0.15) is 51.8 Å². The number of rotatable bonds is 26. The van der Waals surface area contributed by atoms with Gasteiger partial charge in [-0.25, -0.2) is 14.4 Å². The fraction of sp³-hybridized carbons (Fsp3) is 0.381. The zero-order valence-corrected chi connectivity index (χ0v) is 32.1. The van der Waals surface area contributed by atoms with Gasteiger partial charge in [0.15, 0.2) is 0 Å². The highest BCUT2D eigenvalue weighted by atomic mass is 16.6. The fourth-order valence-corrected chi connectivity index (χ4v) is 4.18. The molecule has 0 unspecified atom stereocenters. The summed E-state index contributed by atoms with van der Waals surface area (Å²) in [6.45, 7) is 16.1. The second kappa shape index (κ2) is 24.8. The summed E-state index contributed by atoms with van der Waals surface area (Å²) in [5, 5.41) is 0. The number of allylic oxidation sites excluding steroid dienone is 1. The lowest BCUT2D eigenvalue weighted by Crippen LogP contribution is -2.24. The Hall–Kier alpha value is -5.54. The van der Waals surface area contributed by atoms with Crippen LogP contribution in [0, 0.1) is 5.41 Å². The van der Waals surface area contributed by atoms with Gasteiger partial charge in [-0.1, -0.05) is 13.2 Å². The number of hydrogen-bond donors (Lipinski definition) is 0. The van der Waals surface area contributed by atoms with E-state index in [0.29, 0.717) is 63.3 Å². The van der Waals surface area contributed by atoms with Gasteiger partial charge < -0.3 is 47.4 Å². The van der Waals surface area contributed by atoms with Crippen LogP contribution in [0.25, 0.3) is 0 Å². The average molecular weight is 779 g/mol. The molecule has 0 spiro atoms. The molecule has 0 saturated heterocycles. The number of benzene rings is 3. The van der Waals surface area contributed by atoms with Gasteiger partial charge >= 0.3 is 23.9 Å². The van der Waals surface area contributed by atoms with Crippen molar-refractivity contribution in [1.29, 1.82) is 0 Å². The van der Waals surface area contributed by atoms with Crippen molar-refractivity contribution in [2.75, 3.05) is 79.3 Å². The van der Waals surface area contributed by atoms with Crippen molar-refractivity contribution in [1.82, 2.24) is 0 Å². The first kappa shape index (κ1) is 44.9. The molecule has 0 fully saturated rings. The summed E-state index contributed by atoms with van der Waals surface area (Å²) in [6.07, 6.45) is 1.53. The summed E-state index contributed by atoms with van der Waals surface area (Å²) in [6, 6.07) is 18.3. The van der Waals surface area contributed by atoms with Crippen molar-refractivity contribution >= 4 is 23.9 Å². The van der Waals surface area contributed by atoms with Crippen molar-refractivity contribution in [3.8, 4) is 17.2 Å². The Labute approximate surface area is 327 Å². The van der Waals surface area contributed by atoms with Gasteiger partial charge in [0.25, 0.3) is 0 Å². The van der Waals surface area contributed by atoms with E-state index in [1.54, 1.807) is 45.0 Å². The third-order valence-corrected chi connectivity index (χ3v) is 7.21. The molecular weight excluding hydrogens is 728 g/mol. The van der Waals surface area contributed by atoms with Gasteiger partial charge in [0.1, 0.15) is 49.4 Å². The van der Waals surface area contributed by atoms with Crippen LogP contribution in [-0.2, 0) is 38.0 Å². The topological polar surface area (TPSA) is 161 Å². The van der Waals surface area contributed by atoms with Crippen LogP contribution in [0.4, 0.5) is 0 Å². The summed E-state index contributed by atoms with van der Waals surface area (Å²) in [5.41, 5.74) is 0.243. The van der Waals surface area contributed by atoms with Gasteiger partial charge in [-0.15, -0.1) is 0 Å². The highest BCUT2D eigenvalue weighted by Gasteiger charge is 2.22. The largest absolute Gasteiger partial charge is 0.492 e. The average Bonchev–Trinajstić information content (AvgIpc) is 3.19. The molecule has 14 nitrogen and oxygen atoms in total. The van der Waals surface area contributed by atoms with Gasteiger partial charge in [-0.3, -0.25) is 4.79 Å². The molecule has 0 aliphatic heterocycles. The van der Waals surface area contributed by atoms with Crippen molar-refractivity contribution in [3.63, 3.8) is 0 Å². The molecule has 0 saturated carbocycles. The van der Waals surface area contributed by atoms with Crippen LogP contribution in [0.2, 0.25) is 0 Å². The highest BCUT2D eigenvalue weighted by Crippen LogP contribution is 2.19. The molecular formula is C42H50O14. The van der Waals surface area contributed by atoms with E-state index in [1.807, 2.05) is 0 Å². The van der Waals surface area contributed by atoms with E-state index in [4.69, 9.17) is 47.4 Å². The first-order valence-electron chi connectivity index (χ1n) is 17.9. The van der Waals surface area contributed by atoms with Crippen molar-refractivity contribution < 1.29 is 66.5 Å². The maximum Gasteiger partial charge on any atom is 0.343 e. The molecule has 302 valence electrons. The Morgan fingerprint density at radius 1 is 0.482 bits per heavy atom. The van der Waals surface area contributed by atoms with Crippen molar-refractivity contribution in [2.24, 2.45) is 5.41 Å². The molecule has 3 rings (SSSR count). The van der Waals surface area contributed by atoms with Crippen molar-refractivity contribution in [2.45, 2.75) is 20.8 Å². The fourth-order valence-electron chi connectivity index (χ4n) is 4.18. The van der Waals surface area contributed by atoms with E-state index < -0.39 is 23.3 Å². The van der Waals surface area contributed by atoms with E-state index in [1.165, 1.54) is 54.6 Å². The smallest absolute Gasteiger partial charge is 0.343 e. The van der Waals surface area contributed by atoms with Gasteiger partial charge in [-0.05, 0) is 99.6 Å². The molecule has 0 aliphatic rings. The van der Waals surface area contributed by atoms with Gasteiger partial charge in [0, 0.05) is 0 Å². The number of hydrogen-bond acceptors (Lipinski definition) is 14. The molecule has 0 bridgehead atoms. The zero-order valence-electron chi connectivity index (χ0n) is 32.1. The maximum atomic E-state index is 12.7. The molecule has 3 aromatic carbocycles. The molecule has 0 N–H and O–H groups in total. The normalized spacial score (nSPS) is 10.9. The molecule has 0 atom stereocenters. The summed E-state index contributed by atoms with van der Waals surface area (Å²) in [4.78, 5) is 49.4. The quantitative estimate of drug-likeness (QED) is 0.0305. The molecule has 56 heavy (non-hydrogen) atoms. The minimum atomic E-state index is -0.642. The molecule has 0 amide bonds. The summed E-state index contributed by atoms with van der Waals surface area (Å²) in [5.74, 6) is -0.561. The lowest BCUT2D eigenvalue weighted by atomic mass is 9.97. The van der Waals surface area contributed by atoms with E-state index in [0.717, 1.165) is 0 Å². The van der Waals surface area contributed by atoms with Gasteiger partial charge in [0.2, 0.25) is 0 Å². The van der Waals surface area contributed by atoms with E-state index in [-0.39, 0.29) is 61.6 Å². The Balaban J connectivity index is 1.27. The summed E-state index contributed by atoms with van der Waals surface area (Å²) in [7, 11) is 0. The first-order valence-corrected chi connectivity index (χ1v) is 17.9. The standard InChI is InChI=1S/C42H50O14/c1-6-31(2)51-27-23-47-19-20-48-24-28-52-35-13-7-33(8-14-35)39(44)56-37-17-11-34(12-18-37)40(45)55-36-15-9-32(10-16-36)38(43)53-29-25-49-21-22-50-26-30-54-41(46)42(3,4)5/h6-18H,1-2,19-30H2,3-5H3. The number of esters is 4. The Kier molecular flexibility index (Phi) is 19.8. The third kappa shape index (κ3) is 17.7. The number of carbonyl (C=O) groups is 4. The SMILES string of the molecule is C=CC(=C)OCCOCCOCCOc1ccc(C(=O)Oc2ccc(C(=O)Oc3ccc(C(=O)OCCOCCOCCOC(=O)C(C)(C)C)cc3)cc2)cc1. The van der Waals surface area contributed by atoms with Crippen molar-refractivity contribution in [3.05, 3.63) is 114 Å². The second-order valence-electron chi connectivity index (χ2n) is 12.7. The van der Waals surface area contributed by atoms with Crippen LogP contribution >= 0.6 is 0 Å². The molecule has 0 aromatic heterocycles. The second-order valence-corrected chi connectivity index (χ2v) is 12.7. The van der Waals surface area contributed by atoms with E-state index in [2.05, 4.69) is 13.2 Å². The van der Waals surface area contributed by atoms with Gasteiger partial charge in [0.05, 0.1) is 75.0 Å². The van der Waals surface area contributed by atoms with Crippen LogP contribution in [-0.4, -0.2) is 103 Å². The summed E-state index contributed by atoms with van der Waals surface area (Å²) >= 11 is 0. The predicted octanol–water partition coefficient (Wildman–Crippen LogP) is 6.03. The van der Waals surface area contributed by atoms with Crippen LogP contribution in [0.5, 0.6) is 17.2 Å². The highest BCUT2D eigenvalue weighted by molar-refractivity contribution is 5.93. The van der Waals surface area contributed by atoms with Crippen LogP contribution in [0.3, 0.4) is 0 Å². The first-order chi connectivity index (χ1) is 27.0. The Morgan fingerprint density at radius 2 is 0.839 bits per heavy atom. The lowest BCUT2D eigenvalue weighted by Gasteiger charge is -2.16. The monoisotopic (exact) mass is 778 g/mol. The maximum absolute atomic E-state index is 12.7. The lowest BCUT2D eigenvalue weighted by molar-refractivity contribution is -0.154. The van der Waals surface area contributed by atoms with E-state index >= 15 is 0 Å². The molecule has 14 heteroatoms. The molecule has 3 aromatic rings. The minimum absolute atomic E-state index is 0.0341. The predicted molar refractivity (Wildman–Crippen MR) is 204 cm³/mol. The minimum Gasteiger partial charge on any atom is -0.492 e. The molecule has 0 aliphatic carbocycles. The number of carbonyl (C=O) groups excluding carboxylic acids is 4. The Morgan fingerprint density at radius 3 is 1.27 bits per heavy atom. The third-order valence-electron chi connectivity index (χ3n) is 7.21. The number of ether oxygens (including phenoxy) is 10. The molecule has 0 radical (unpaired) electrons. The van der Waals surface area contributed by atoms with Gasteiger partial charge in [-0.2, -0.15) is 0 Å². The van der Waals surface area contributed by atoms with Crippen LogP contribution < -0.4 is 14.2 Å². The summed E-state index contributed by atoms with van der Waals surface area (Å²) < 4.78 is 53.7. The zero-order chi connectivity index (χ0) is 40.6. The Bertz CT molecular complexity index is 1680.